The Bertz CT molecular complexity index is 270. The number of carbonyl (C=O) groups excluding carboxylic acids is 1. The maximum Gasteiger partial charge on any atom is 0.327 e. The quantitative estimate of drug-likeness (QED) is 0.503. The van der Waals surface area contributed by atoms with Crippen LogP contribution in [0, 0.1) is 0 Å². The third-order valence-electron chi connectivity index (χ3n) is 2.05. The molecule has 5 nitrogen and oxygen atoms in total. The average molecular weight is 230 g/mol. The molecule has 0 aromatic carbocycles. The molecular weight excluding hydrogens is 216 g/mol. The van der Waals surface area contributed by atoms with Crippen LogP contribution >= 0.6 is 11.8 Å². The third kappa shape index (κ3) is 3.24. The van der Waals surface area contributed by atoms with E-state index in [1.807, 2.05) is 0 Å². The molecule has 1 fully saturated rings. The Morgan fingerprint density at radius 2 is 2.40 bits per heavy atom. The van der Waals surface area contributed by atoms with Crippen LogP contribution in [0.1, 0.15) is 0 Å². The SMILES string of the molecule is C=CCNCC(=O)N1CSC[C@H]1C(=O)O. The zero-order chi connectivity index (χ0) is 11.3. The van der Waals surface area contributed by atoms with Crippen molar-refractivity contribution in [2.24, 2.45) is 0 Å². The maximum absolute atomic E-state index is 11.6. The normalized spacial score (nSPS) is 20.3. The molecule has 84 valence electrons. The molecule has 2 N–H and O–H groups in total. The van der Waals surface area contributed by atoms with Crippen LogP contribution in [0.3, 0.4) is 0 Å². The Morgan fingerprint density at radius 3 is 3.00 bits per heavy atom. The molecule has 0 saturated carbocycles. The number of rotatable bonds is 5. The smallest absolute Gasteiger partial charge is 0.327 e. The summed E-state index contributed by atoms with van der Waals surface area (Å²) in [5.41, 5.74) is 0. The fraction of sp³-hybridized carbons (Fsp3) is 0.556. The van der Waals surface area contributed by atoms with Crippen LogP contribution in [0.4, 0.5) is 0 Å². The molecule has 0 aliphatic carbocycles. The molecule has 0 aromatic rings. The van der Waals surface area contributed by atoms with E-state index in [4.69, 9.17) is 5.11 Å². The Morgan fingerprint density at radius 1 is 1.67 bits per heavy atom. The van der Waals surface area contributed by atoms with E-state index in [-0.39, 0.29) is 12.5 Å². The fourth-order valence-corrected chi connectivity index (χ4v) is 2.45. The molecule has 1 aliphatic heterocycles. The van der Waals surface area contributed by atoms with E-state index in [0.717, 1.165) is 0 Å². The van der Waals surface area contributed by atoms with E-state index >= 15 is 0 Å². The highest BCUT2D eigenvalue weighted by Crippen LogP contribution is 2.20. The van der Waals surface area contributed by atoms with Gasteiger partial charge in [-0.15, -0.1) is 18.3 Å². The first-order valence-corrected chi connectivity index (χ1v) is 5.74. The highest BCUT2D eigenvalue weighted by atomic mass is 32.2. The number of aliphatic carboxylic acids is 1. The van der Waals surface area contributed by atoms with Gasteiger partial charge in [-0.2, -0.15) is 0 Å². The van der Waals surface area contributed by atoms with E-state index in [1.54, 1.807) is 6.08 Å². The number of hydrogen-bond donors (Lipinski definition) is 2. The highest BCUT2D eigenvalue weighted by molar-refractivity contribution is 7.99. The van der Waals surface area contributed by atoms with Crippen LogP contribution in [0.25, 0.3) is 0 Å². The number of thioether (sulfide) groups is 1. The molecule has 1 aliphatic rings. The van der Waals surface area contributed by atoms with Gasteiger partial charge in [0, 0.05) is 12.3 Å². The van der Waals surface area contributed by atoms with Crippen molar-refractivity contribution in [1.82, 2.24) is 10.2 Å². The molecule has 1 amide bonds. The fourth-order valence-electron chi connectivity index (χ4n) is 1.28. The van der Waals surface area contributed by atoms with Crippen LogP contribution < -0.4 is 5.32 Å². The zero-order valence-electron chi connectivity index (χ0n) is 8.31. The molecule has 0 aromatic heterocycles. The predicted octanol–water partition coefficient (Wildman–Crippen LogP) is -0.252. The van der Waals surface area contributed by atoms with Crippen molar-refractivity contribution in [1.29, 1.82) is 0 Å². The first-order chi connectivity index (χ1) is 7.16. The highest BCUT2D eigenvalue weighted by Gasteiger charge is 2.33. The number of nitrogens with one attached hydrogen (secondary N) is 1. The van der Waals surface area contributed by atoms with Crippen LogP contribution in [0.5, 0.6) is 0 Å². The molecule has 0 radical (unpaired) electrons. The monoisotopic (exact) mass is 230 g/mol. The Balaban J connectivity index is 2.43. The summed E-state index contributed by atoms with van der Waals surface area (Å²) in [6.07, 6.45) is 1.65. The molecule has 1 saturated heterocycles. The lowest BCUT2D eigenvalue weighted by atomic mass is 10.3. The third-order valence-corrected chi connectivity index (χ3v) is 3.06. The molecular formula is C9H14N2O3S. The summed E-state index contributed by atoms with van der Waals surface area (Å²) in [6.45, 7) is 4.22. The second-order valence-electron chi connectivity index (χ2n) is 3.14. The summed E-state index contributed by atoms with van der Waals surface area (Å²) in [5, 5.41) is 11.7. The summed E-state index contributed by atoms with van der Waals surface area (Å²) in [7, 11) is 0. The van der Waals surface area contributed by atoms with Crippen molar-refractivity contribution in [2.75, 3.05) is 24.7 Å². The molecule has 15 heavy (non-hydrogen) atoms. The van der Waals surface area contributed by atoms with Gasteiger partial charge in [0.1, 0.15) is 6.04 Å². The summed E-state index contributed by atoms with van der Waals surface area (Å²) in [5.74, 6) is -0.167. The zero-order valence-corrected chi connectivity index (χ0v) is 9.13. The first kappa shape index (κ1) is 12.1. The Kier molecular flexibility index (Phi) is 4.64. The van der Waals surface area contributed by atoms with Crippen molar-refractivity contribution in [3.05, 3.63) is 12.7 Å². The van der Waals surface area contributed by atoms with E-state index < -0.39 is 12.0 Å². The average Bonchev–Trinajstić information content (AvgIpc) is 2.66. The number of carboxylic acids is 1. The van der Waals surface area contributed by atoms with Crippen molar-refractivity contribution < 1.29 is 14.7 Å². The largest absolute Gasteiger partial charge is 0.480 e. The summed E-state index contributed by atoms with van der Waals surface area (Å²) >= 11 is 1.46. The van der Waals surface area contributed by atoms with Crippen LogP contribution in [-0.2, 0) is 9.59 Å². The molecule has 1 atom stereocenters. The van der Waals surface area contributed by atoms with Gasteiger partial charge in [0.2, 0.25) is 5.91 Å². The lowest BCUT2D eigenvalue weighted by molar-refractivity contribution is -0.147. The summed E-state index contributed by atoms with van der Waals surface area (Å²) < 4.78 is 0. The number of hydrogen-bond acceptors (Lipinski definition) is 4. The van der Waals surface area contributed by atoms with Crippen molar-refractivity contribution in [2.45, 2.75) is 6.04 Å². The van der Waals surface area contributed by atoms with E-state index in [1.165, 1.54) is 16.7 Å². The van der Waals surface area contributed by atoms with E-state index in [9.17, 15) is 9.59 Å². The molecule has 0 spiro atoms. The minimum Gasteiger partial charge on any atom is -0.480 e. The first-order valence-electron chi connectivity index (χ1n) is 4.58. The number of nitrogens with zero attached hydrogens (tertiary/aromatic N) is 1. The van der Waals surface area contributed by atoms with Gasteiger partial charge in [0.05, 0.1) is 12.4 Å². The van der Waals surface area contributed by atoms with Gasteiger partial charge >= 0.3 is 5.97 Å². The minimum absolute atomic E-state index is 0.163. The minimum atomic E-state index is -0.933. The summed E-state index contributed by atoms with van der Waals surface area (Å²) in [6, 6.07) is -0.673. The maximum atomic E-state index is 11.6. The standard InChI is InChI=1S/C9H14N2O3S/c1-2-3-10-4-8(12)11-6-15-5-7(11)9(13)14/h2,7,10H,1,3-6H2,(H,13,14)/t7-/m0/s1. The van der Waals surface area contributed by atoms with Gasteiger partial charge in [0.15, 0.2) is 0 Å². The van der Waals surface area contributed by atoms with Crippen LogP contribution in [-0.4, -0.2) is 52.6 Å². The van der Waals surface area contributed by atoms with Crippen molar-refractivity contribution in [3.8, 4) is 0 Å². The Labute approximate surface area is 92.5 Å². The molecule has 0 unspecified atom stereocenters. The lowest BCUT2D eigenvalue weighted by Crippen LogP contribution is -2.45. The van der Waals surface area contributed by atoms with Gasteiger partial charge in [-0.25, -0.2) is 4.79 Å². The topological polar surface area (TPSA) is 69.6 Å². The van der Waals surface area contributed by atoms with Crippen LogP contribution in [0.15, 0.2) is 12.7 Å². The molecule has 0 bridgehead atoms. The summed E-state index contributed by atoms with van der Waals surface area (Å²) in [4.78, 5) is 23.8. The molecule has 6 heteroatoms. The van der Waals surface area contributed by atoms with E-state index in [0.29, 0.717) is 18.2 Å². The number of carboxylic acid groups (broad SMARTS) is 1. The molecule has 1 rings (SSSR count). The molecule has 1 heterocycles. The lowest BCUT2D eigenvalue weighted by Gasteiger charge is -2.20. The van der Waals surface area contributed by atoms with Gasteiger partial charge in [-0.3, -0.25) is 4.79 Å². The van der Waals surface area contributed by atoms with Gasteiger partial charge < -0.3 is 15.3 Å². The van der Waals surface area contributed by atoms with Crippen LogP contribution in [0.2, 0.25) is 0 Å². The predicted molar refractivity (Wildman–Crippen MR) is 58.7 cm³/mol. The Hall–Kier alpha value is -1.01. The van der Waals surface area contributed by atoms with Gasteiger partial charge in [-0.1, -0.05) is 6.08 Å². The van der Waals surface area contributed by atoms with Gasteiger partial charge in [0.25, 0.3) is 0 Å². The second kappa shape index (κ2) is 5.77. The van der Waals surface area contributed by atoms with Crippen molar-refractivity contribution >= 4 is 23.6 Å². The second-order valence-corrected chi connectivity index (χ2v) is 4.14. The van der Waals surface area contributed by atoms with Gasteiger partial charge in [-0.05, 0) is 0 Å². The van der Waals surface area contributed by atoms with E-state index in [2.05, 4.69) is 11.9 Å². The number of carbonyl (C=O) groups is 2. The van der Waals surface area contributed by atoms with Crippen molar-refractivity contribution in [3.63, 3.8) is 0 Å². The number of amides is 1.